The van der Waals surface area contributed by atoms with Crippen molar-refractivity contribution in [2.75, 3.05) is 6.54 Å². The largest absolute Gasteiger partial charge is 1.00 e. The number of para-hydroxylation sites is 3. The zero-order valence-corrected chi connectivity index (χ0v) is 23.3. The van der Waals surface area contributed by atoms with Gasteiger partial charge in [0.15, 0.2) is 0 Å². The minimum Gasteiger partial charge on any atom is -1.00 e. The molecule has 0 aromatic heterocycles. The molecule has 1 nitrogen and oxygen atoms in total. The summed E-state index contributed by atoms with van der Waals surface area (Å²) in [7, 11) is 0. The first-order valence-electron chi connectivity index (χ1n) is 14.4. The number of hydrogen-bond acceptors (Lipinski definition) is 0. The van der Waals surface area contributed by atoms with E-state index < -0.39 is 0 Å². The first-order valence-corrected chi connectivity index (χ1v) is 14.4. The van der Waals surface area contributed by atoms with Crippen LogP contribution in [0, 0.1) is 0 Å². The Bertz CT molecular complexity index is 798. The van der Waals surface area contributed by atoms with Gasteiger partial charge in [-0.25, -0.2) is 4.48 Å². The maximum Gasteiger partial charge on any atom is 0.143 e. The zero-order chi connectivity index (χ0) is 24.4. The molecule has 0 aliphatic heterocycles. The molecule has 0 saturated carbocycles. The first kappa shape index (κ1) is 30.1. The molecule has 196 valence electrons. The Hall–Kier alpha value is -2.09. The van der Waals surface area contributed by atoms with Gasteiger partial charge in [-0.1, -0.05) is 139 Å². The second-order valence-corrected chi connectivity index (χ2v) is 10.1. The summed E-state index contributed by atoms with van der Waals surface area (Å²) >= 11 is 0. The number of nitrogens with zero attached hydrogens (tertiary/aromatic N) is 1. The summed E-state index contributed by atoms with van der Waals surface area (Å²) in [5, 5.41) is 0. The Kier molecular flexibility index (Phi) is 15.2. The molecular weight excluding hydrogens is 458 g/mol. The van der Waals surface area contributed by atoms with Gasteiger partial charge in [0.05, 0.1) is 6.54 Å². The van der Waals surface area contributed by atoms with E-state index in [2.05, 4.69) is 97.9 Å². The van der Waals surface area contributed by atoms with Gasteiger partial charge in [0.25, 0.3) is 0 Å². The fraction of sp³-hybridized carbons (Fsp3) is 0.471. The molecule has 0 amide bonds. The van der Waals surface area contributed by atoms with Crippen LogP contribution in [0.4, 0.5) is 17.1 Å². The zero-order valence-electron chi connectivity index (χ0n) is 22.6. The van der Waals surface area contributed by atoms with Crippen LogP contribution in [0.15, 0.2) is 91.0 Å². The molecule has 0 aliphatic rings. The molecular formula is C34H48ClN. The fourth-order valence-electron chi connectivity index (χ4n) is 5.43. The Balaban J connectivity index is 0.00000456. The number of hydrogen-bond donors (Lipinski definition) is 0. The second kappa shape index (κ2) is 18.2. The standard InChI is InChI=1S/C34H48N.ClH/c1-2-3-4-5-6-7-8-9-10-11-12-13-14-24-31-35(32-25-18-15-19-26-32,33-27-20-16-21-28-33)34-29-22-17-23-30-34;/h15-23,25-30H,2-14,24,31H2,1H3;1H/q+1;/p-1. The molecule has 0 fully saturated rings. The lowest BCUT2D eigenvalue weighted by molar-refractivity contribution is -0.00000723. The highest BCUT2D eigenvalue weighted by Gasteiger charge is 2.35. The van der Waals surface area contributed by atoms with E-state index in [-0.39, 0.29) is 12.4 Å². The number of quaternary nitrogens is 1. The summed E-state index contributed by atoms with van der Waals surface area (Å²) in [6.07, 6.45) is 19.5. The van der Waals surface area contributed by atoms with Crippen LogP contribution >= 0.6 is 0 Å². The van der Waals surface area contributed by atoms with Crippen molar-refractivity contribution >= 4 is 17.1 Å². The monoisotopic (exact) mass is 505 g/mol. The summed E-state index contributed by atoms with van der Waals surface area (Å²) in [5.74, 6) is 0. The Morgan fingerprint density at radius 2 is 0.667 bits per heavy atom. The first-order chi connectivity index (χ1) is 17.4. The van der Waals surface area contributed by atoms with E-state index in [1.54, 1.807) is 0 Å². The molecule has 3 aromatic carbocycles. The van der Waals surface area contributed by atoms with E-state index in [1.165, 1.54) is 107 Å². The van der Waals surface area contributed by atoms with Crippen LogP contribution in [0.5, 0.6) is 0 Å². The van der Waals surface area contributed by atoms with E-state index in [1.807, 2.05) is 0 Å². The van der Waals surface area contributed by atoms with Crippen LogP contribution in [0.1, 0.15) is 96.8 Å². The lowest BCUT2D eigenvalue weighted by atomic mass is 10.0. The Morgan fingerprint density at radius 1 is 0.389 bits per heavy atom. The lowest BCUT2D eigenvalue weighted by Gasteiger charge is -2.37. The van der Waals surface area contributed by atoms with Gasteiger partial charge in [-0.15, -0.1) is 0 Å². The van der Waals surface area contributed by atoms with E-state index in [0.717, 1.165) is 11.0 Å². The molecule has 0 spiro atoms. The van der Waals surface area contributed by atoms with Crippen molar-refractivity contribution in [3.63, 3.8) is 0 Å². The van der Waals surface area contributed by atoms with Gasteiger partial charge in [0, 0.05) is 0 Å². The SMILES string of the molecule is CCCCCCCCCCCCCCCC[N+](c1ccccc1)(c1ccccc1)c1ccccc1.[Cl-]. The lowest BCUT2D eigenvalue weighted by Crippen LogP contribution is -3.00. The molecule has 0 heterocycles. The molecule has 0 saturated heterocycles. The van der Waals surface area contributed by atoms with Crippen molar-refractivity contribution < 1.29 is 12.4 Å². The maximum absolute atomic E-state index is 2.30. The summed E-state index contributed by atoms with van der Waals surface area (Å²) in [6.45, 7) is 3.39. The Labute approximate surface area is 228 Å². The molecule has 3 rings (SSSR count). The van der Waals surface area contributed by atoms with Crippen LogP contribution in [0.3, 0.4) is 0 Å². The van der Waals surface area contributed by atoms with Crippen LogP contribution in [-0.2, 0) is 0 Å². The predicted molar refractivity (Wildman–Crippen MR) is 156 cm³/mol. The number of halogens is 1. The molecule has 3 aromatic rings. The maximum atomic E-state index is 2.30. The van der Waals surface area contributed by atoms with E-state index in [0.29, 0.717) is 0 Å². The van der Waals surface area contributed by atoms with Gasteiger partial charge in [0.1, 0.15) is 17.1 Å². The highest BCUT2D eigenvalue weighted by molar-refractivity contribution is 5.70. The van der Waals surface area contributed by atoms with Gasteiger partial charge >= 0.3 is 0 Å². The van der Waals surface area contributed by atoms with E-state index in [9.17, 15) is 0 Å². The van der Waals surface area contributed by atoms with E-state index >= 15 is 0 Å². The van der Waals surface area contributed by atoms with Gasteiger partial charge in [-0.05, 0) is 49.2 Å². The molecule has 36 heavy (non-hydrogen) atoms. The van der Waals surface area contributed by atoms with E-state index in [4.69, 9.17) is 0 Å². The van der Waals surface area contributed by atoms with Crippen LogP contribution in [-0.4, -0.2) is 6.54 Å². The number of unbranched alkanes of at least 4 members (excludes halogenated alkanes) is 13. The third-order valence-electron chi connectivity index (χ3n) is 7.44. The van der Waals surface area contributed by atoms with Crippen LogP contribution < -0.4 is 16.9 Å². The molecule has 0 aliphatic carbocycles. The van der Waals surface area contributed by atoms with Gasteiger partial charge in [-0.3, -0.25) is 0 Å². The van der Waals surface area contributed by atoms with Crippen molar-refractivity contribution in [1.29, 1.82) is 0 Å². The number of benzene rings is 3. The highest BCUT2D eigenvalue weighted by atomic mass is 35.5. The van der Waals surface area contributed by atoms with Crippen molar-refractivity contribution in [1.82, 2.24) is 4.48 Å². The highest BCUT2D eigenvalue weighted by Crippen LogP contribution is 2.43. The minimum absolute atomic E-state index is 0. The average Bonchev–Trinajstić information content (AvgIpc) is 2.93. The normalized spacial score (nSPS) is 11.2. The summed E-state index contributed by atoms with van der Waals surface area (Å²) < 4.78 is 0.792. The van der Waals surface area contributed by atoms with Crippen molar-refractivity contribution in [2.45, 2.75) is 96.8 Å². The molecule has 2 heteroatoms. The van der Waals surface area contributed by atoms with Gasteiger partial charge in [0.2, 0.25) is 0 Å². The second-order valence-electron chi connectivity index (χ2n) is 10.1. The van der Waals surface area contributed by atoms with Gasteiger partial charge < -0.3 is 12.4 Å². The third-order valence-corrected chi connectivity index (χ3v) is 7.44. The molecule has 0 bridgehead atoms. The minimum atomic E-state index is 0. The van der Waals surface area contributed by atoms with Crippen molar-refractivity contribution in [2.24, 2.45) is 0 Å². The smallest absolute Gasteiger partial charge is 0.143 e. The third kappa shape index (κ3) is 9.41. The van der Waals surface area contributed by atoms with Gasteiger partial charge in [-0.2, -0.15) is 0 Å². The summed E-state index contributed by atoms with van der Waals surface area (Å²) in [5.41, 5.74) is 4.04. The molecule has 0 unspecified atom stereocenters. The predicted octanol–water partition coefficient (Wildman–Crippen LogP) is 8.14. The Morgan fingerprint density at radius 3 is 0.972 bits per heavy atom. The van der Waals surface area contributed by atoms with Crippen LogP contribution in [0.2, 0.25) is 0 Å². The van der Waals surface area contributed by atoms with Crippen LogP contribution in [0.25, 0.3) is 0 Å². The number of rotatable bonds is 18. The summed E-state index contributed by atoms with van der Waals surface area (Å²) in [4.78, 5) is 0. The van der Waals surface area contributed by atoms with Crippen molar-refractivity contribution in [3.05, 3.63) is 91.0 Å². The molecule has 0 atom stereocenters. The quantitative estimate of drug-likeness (QED) is 0.121. The summed E-state index contributed by atoms with van der Waals surface area (Å²) in [6, 6.07) is 33.2. The molecule has 0 radical (unpaired) electrons. The average molecular weight is 506 g/mol. The molecule has 0 N–H and O–H groups in total. The van der Waals surface area contributed by atoms with Crippen molar-refractivity contribution in [3.8, 4) is 0 Å². The topological polar surface area (TPSA) is 0 Å². The fourth-order valence-corrected chi connectivity index (χ4v) is 5.43.